The second-order valence-electron chi connectivity index (χ2n) is 3.39. The maximum absolute atomic E-state index is 11.6. The van der Waals surface area contributed by atoms with Gasteiger partial charge in [0.15, 0.2) is 0 Å². The van der Waals surface area contributed by atoms with Crippen LogP contribution in [0.15, 0.2) is 18.3 Å². The molecule has 0 bridgehead atoms. The molecule has 0 saturated heterocycles. The minimum atomic E-state index is -0.375. The van der Waals surface area contributed by atoms with Crippen LogP contribution in [0.4, 0.5) is 0 Å². The van der Waals surface area contributed by atoms with Gasteiger partial charge in [-0.2, -0.15) is 0 Å². The molecule has 0 aromatic carbocycles. The largest absolute Gasteiger partial charge is 0.355 e. The zero-order chi connectivity index (χ0) is 12.7. The van der Waals surface area contributed by atoms with E-state index in [4.69, 9.17) is 5.73 Å². The van der Waals surface area contributed by atoms with Gasteiger partial charge in [0, 0.05) is 19.3 Å². The average molecular weight is 236 g/mol. The van der Waals surface area contributed by atoms with Crippen molar-refractivity contribution in [3.63, 3.8) is 0 Å². The second-order valence-corrected chi connectivity index (χ2v) is 3.39. The molecule has 2 amide bonds. The van der Waals surface area contributed by atoms with Crippen LogP contribution in [0.3, 0.4) is 0 Å². The van der Waals surface area contributed by atoms with Gasteiger partial charge < -0.3 is 16.4 Å². The predicted octanol–water partition coefficient (Wildman–Crippen LogP) is -0.594. The number of hydrogen-bond donors (Lipinski definition) is 3. The highest BCUT2D eigenvalue weighted by atomic mass is 16.2. The number of amides is 2. The van der Waals surface area contributed by atoms with Crippen molar-refractivity contribution in [1.29, 1.82) is 0 Å². The standard InChI is InChI=1S/C11H16N4O2/c1-2-13-10(16)7-15-11(17)9-4-3-8(5-12)6-14-9/h3-4,6H,2,5,7,12H2,1H3,(H,13,16)(H,15,17). The summed E-state index contributed by atoms with van der Waals surface area (Å²) in [7, 11) is 0. The molecular formula is C11H16N4O2. The van der Waals surface area contributed by atoms with Gasteiger partial charge in [0.1, 0.15) is 5.69 Å². The number of nitrogens with two attached hydrogens (primary N) is 1. The fourth-order valence-corrected chi connectivity index (χ4v) is 1.19. The molecular weight excluding hydrogens is 220 g/mol. The van der Waals surface area contributed by atoms with Gasteiger partial charge in [-0.25, -0.2) is 0 Å². The number of aromatic nitrogens is 1. The Morgan fingerprint density at radius 3 is 2.65 bits per heavy atom. The van der Waals surface area contributed by atoms with Gasteiger partial charge in [0.2, 0.25) is 5.91 Å². The van der Waals surface area contributed by atoms with Gasteiger partial charge in [0.25, 0.3) is 5.91 Å². The molecule has 1 aromatic rings. The van der Waals surface area contributed by atoms with E-state index in [0.717, 1.165) is 5.56 Å². The highest BCUT2D eigenvalue weighted by Crippen LogP contribution is 1.98. The third-order valence-electron chi connectivity index (χ3n) is 2.08. The fourth-order valence-electron chi connectivity index (χ4n) is 1.19. The zero-order valence-electron chi connectivity index (χ0n) is 9.69. The average Bonchev–Trinajstić information content (AvgIpc) is 2.36. The molecule has 0 aliphatic rings. The van der Waals surface area contributed by atoms with E-state index in [1.807, 2.05) is 6.92 Å². The van der Waals surface area contributed by atoms with E-state index in [1.54, 1.807) is 18.3 Å². The Morgan fingerprint density at radius 1 is 1.35 bits per heavy atom. The van der Waals surface area contributed by atoms with Crippen molar-refractivity contribution in [3.8, 4) is 0 Å². The van der Waals surface area contributed by atoms with E-state index in [-0.39, 0.29) is 24.1 Å². The first-order valence-corrected chi connectivity index (χ1v) is 5.37. The van der Waals surface area contributed by atoms with Crippen molar-refractivity contribution in [2.75, 3.05) is 13.1 Å². The normalized spacial score (nSPS) is 9.76. The summed E-state index contributed by atoms with van der Waals surface area (Å²) in [5, 5.41) is 5.06. The second kappa shape index (κ2) is 6.59. The molecule has 92 valence electrons. The molecule has 1 aromatic heterocycles. The maximum Gasteiger partial charge on any atom is 0.270 e. The van der Waals surface area contributed by atoms with Crippen molar-refractivity contribution in [2.45, 2.75) is 13.5 Å². The maximum atomic E-state index is 11.6. The van der Waals surface area contributed by atoms with Crippen LogP contribution in [0.5, 0.6) is 0 Å². The summed E-state index contributed by atoms with van der Waals surface area (Å²) in [5.74, 6) is -0.598. The molecule has 0 radical (unpaired) electrons. The van der Waals surface area contributed by atoms with Gasteiger partial charge in [-0.05, 0) is 18.6 Å². The fraction of sp³-hybridized carbons (Fsp3) is 0.364. The Labute approximate surface area is 99.6 Å². The van der Waals surface area contributed by atoms with Gasteiger partial charge in [-0.15, -0.1) is 0 Å². The molecule has 1 rings (SSSR count). The Hall–Kier alpha value is -1.95. The number of rotatable bonds is 5. The van der Waals surface area contributed by atoms with E-state index in [9.17, 15) is 9.59 Å². The van der Waals surface area contributed by atoms with Crippen LogP contribution >= 0.6 is 0 Å². The quantitative estimate of drug-likeness (QED) is 0.636. The van der Waals surface area contributed by atoms with Crippen molar-refractivity contribution in [2.24, 2.45) is 5.73 Å². The summed E-state index contributed by atoms with van der Waals surface area (Å²) in [6.45, 7) is 2.69. The van der Waals surface area contributed by atoms with E-state index >= 15 is 0 Å². The molecule has 0 unspecified atom stereocenters. The van der Waals surface area contributed by atoms with Crippen LogP contribution in [-0.4, -0.2) is 29.9 Å². The Balaban J connectivity index is 2.49. The molecule has 0 fully saturated rings. The Morgan fingerprint density at radius 2 is 2.12 bits per heavy atom. The molecule has 0 aliphatic heterocycles. The van der Waals surface area contributed by atoms with Crippen LogP contribution in [0.1, 0.15) is 23.0 Å². The van der Waals surface area contributed by atoms with Crippen molar-refractivity contribution in [1.82, 2.24) is 15.6 Å². The molecule has 6 heteroatoms. The lowest BCUT2D eigenvalue weighted by Crippen LogP contribution is -2.37. The number of hydrogen-bond acceptors (Lipinski definition) is 4. The lowest BCUT2D eigenvalue weighted by molar-refractivity contribution is -0.120. The number of carbonyl (C=O) groups is 2. The SMILES string of the molecule is CCNC(=O)CNC(=O)c1ccc(CN)cn1. The van der Waals surface area contributed by atoms with E-state index < -0.39 is 0 Å². The third-order valence-corrected chi connectivity index (χ3v) is 2.08. The molecule has 4 N–H and O–H groups in total. The van der Waals surface area contributed by atoms with Crippen molar-refractivity contribution >= 4 is 11.8 Å². The first-order chi connectivity index (χ1) is 8.17. The predicted molar refractivity (Wildman–Crippen MR) is 63.1 cm³/mol. The molecule has 6 nitrogen and oxygen atoms in total. The summed E-state index contributed by atoms with van der Waals surface area (Å²) in [4.78, 5) is 26.6. The summed E-state index contributed by atoms with van der Waals surface area (Å²) in [6, 6.07) is 3.31. The molecule has 0 spiro atoms. The molecule has 0 atom stereocenters. The summed E-state index contributed by atoms with van der Waals surface area (Å²) in [5.41, 5.74) is 6.54. The minimum Gasteiger partial charge on any atom is -0.355 e. The van der Waals surface area contributed by atoms with Gasteiger partial charge >= 0.3 is 0 Å². The highest BCUT2D eigenvalue weighted by Gasteiger charge is 2.08. The van der Waals surface area contributed by atoms with Crippen molar-refractivity contribution < 1.29 is 9.59 Å². The Bertz CT molecular complexity index is 389. The number of likely N-dealkylation sites (N-methyl/N-ethyl adjacent to an activating group) is 1. The number of pyridine rings is 1. The number of carbonyl (C=O) groups excluding carboxylic acids is 2. The first kappa shape index (κ1) is 13.1. The van der Waals surface area contributed by atoms with E-state index in [1.165, 1.54) is 0 Å². The van der Waals surface area contributed by atoms with E-state index in [2.05, 4.69) is 15.6 Å². The van der Waals surface area contributed by atoms with Crippen LogP contribution < -0.4 is 16.4 Å². The first-order valence-electron chi connectivity index (χ1n) is 5.37. The topological polar surface area (TPSA) is 97.1 Å². The van der Waals surface area contributed by atoms with Gasteiger partial charge in [-0.1, -0.05) is 6.07 Å². The van der Waals surface area contributed by atoms with Crippen LogP contribution in [0.2, 0.25) is 0 Å². The van der Waals surface area contributed by atoms with Crippen LogP contribution in [-0.2, 0) is 11.3 Å². The third kappa shape index (κ3) is 4.20. The lowest BCUT2D eigenvalue weighted by Gasteiger charge is -2.05. The monoisotopic (exact) mass is 236 g/mol. The molecule has 0 aliphatic carbocycles. The van der Waals surface area contributed by atoms with Gasteiger partial charge in [-0.3, -0.25) is 14.6 Å². The highest BCUT2D eigenvalue weighted by molar-refractivity contribution is 5.94. The van der Waals surface area contributed by atoms with Crippen LogP contribution in [0.25, 0.3) is 0 Å². The summed E-state index contributed by atoms with van der Waals surface area (Å²) >= 11 is 0. The lowest BCUT2D eigenvalue weighted by atomic mass is 10.2. The Kier molecular flexibility index (Phi) is 5.09. The zero-order valence-corrected chi connectivity index (χ0v) is 9.69. The summed E-state index contributed by atoms with van der Waals surface area (Å²) in [6.07, 6.45) is 1.54. The minimum absolute atomic E-state index is 0.0486. The van der Waals surface area contributed by atoms with E-state index in [0.29, 0.717) is 13.1 Å². The van der Waals surface area contributed by atoms with Crippen LogP contribution in [0, 0.1) is 0 Å². The van der Waals surface area contributed by atoms with Crippen molar-refractivity contribution in [3.05, 3.63) is 29.6 Å². The molecule has 17 heavy (non-hydrogen) atoms. The summed E-state index contributed by atoms with van der Waals surface area (Å²) < 4.78 is 0. The van der Waals surface area contributed by atoms with Gasteiger partial charge in [0.05, 0.1) is 6.54 Å². The smallest absolute Gasteiger partial charge is 0.270 e. The molecule has 1 heterocycles. The number of nitrogens with one attached hydrogen (secondary N) is 2. The molecule has 0 saturated carbocycles. The number of nitrogens with zero attached hydrogens (tertiary/aromatic N) is 1.